The predicted octanol–water partition coefficient (Wildman–Crippen LogP) is 5.42. The first-order chi connectivity index (χ1) is 8.86. The monoisotopic (exact) mass is 236 g/mol. The fourth-order valence-electron chi connectivity index (χ4n) is 2.46. The van der Waals surface area contributed by atoms with Crippen molar-refractivity contribution in [2.75, 3.05) is 0 Å². The molecule has 0 amide bonds. The molecule has 0 aliphatic rings. The van der Waals surface area contributed by atoms with Crippen molar-refractivity contribution in [2.24, 2.45) is 0 Å². The molecular formula is C18H20. The quantitative estimate of drug-likeness (QED) is 0.622. The van der Waals surface area contributed by atoms with Gasteiger partial charge >= 0.3 is 0 Å². The molecule has 0 bridgehead atoms. The molecule has 0 N–H and O–H groups in total. The zero-order valence-electron chi connectivity index (χ0n) is 11.2. The summed E-state index contributed by atoms with van der Waals surface area (Å²) in [7, 11) is 0. The lowest BCUT2D eigenvalue weighted by Crippen LogP contribution is -1.91. The predicted molar refractivity (Wildman–Crippen MR) is 80.3 cm³/mol. The van der Waals surface area contributed by atoms with Gasteiger partial charge < -0.3 is 0 Å². The van der Waals surface area contributed by atoms with Crippen molar-refractivity contribution in [2.45, 2.75) is 26.7 Å². The molecule has 0 heterocycles. The van der Waals surface area contributed by atoms with E-state index in [4.69, 9.17) is 0 Å². The lowest BCUT2D eigenvalue weighted by atomic mass is 9.91. The maximum absolute atomic E-state index is 2.24. The van der Waals surface area contributed by atoms with Gasteiger partial charge in [0.25, 0.3) is 0 Å². The first-order valence-electron chi connectivity index (χ1n) is 6.69. The van der Waals surface area contributed by atoms with Crippen molar-refractivity contribution in [3.05, 3.63) is 71.8 Å². The Morgan fingerprint density at radius 2 is 0.944 bits per heavy atom. The van der Waals surface area contributed by atoms with Gasteiger partial charge in [-0.2, -0.15) is 0 Å². The second-order valence-corrected chi connectivity index (χ2v) is 4.40. The molecule has 0 saturated heterocycles. The maximum atomic E-state index is 2.24. The Labute approximate surface area is 110 Å². The van der Waals surface area contributed by atoms with E-state index in [0.717, 1.165) is 12.8 Å². The Morgan fingerprint density at radius 1 is 0.611 bits per heavy atom. The van der Waals surface area contributed by atoms with Crippen LogP contribution in [0.4, 0.5) is 0 Å². The van der Waals surface area contributed by atoms with Crippen molar-refractivity contribution >= 4 is 11.1 Å². The van der Waals surface area contributed by atoms with Gasteiger partial charge in [0, 0.05) is 0 Å². The molecule has 0 spiro atoms. The van der Waals surface area contributed by atoms with Crippen LogP contribution in [0.25, 0.3) is 11.1 Å². The van der Waals surface area contributed by atoms with Crippen LogP contribution in [-0.2, 0) is 0 Å². The van der Waals surface area contributed by atoms with Crippen LogP contribution in [0.1, 0.15) is 37.8 Å². The van der Waals surface area contributed by atoms with Gasteiger partial charge in [0.2, 0.25) is 0 Å². The average Bonchev–Trinajstić information content (AvgIpc) is 2.46. The zero-order valence-corrected chi connectivity index (χ0v) is 11.2. The van der Waals surface area contributed by atoms with Crippen LogP contribution in [0.3, 0.4) is 0 Å². The van der Waals surface area contributed by atoms with E-state index in [0.29, 0.717) is 0 Å². The largest absolute Gasteiger partial charge is 0.0622 e. The maximum Gasteiger partial charge on any atom is -0.0222 e. The van der Waals surface area contributed by atoms with E-state index in [-0.39, 0.29) is 0 Å². The zero-order chi connectivity index (χ0) is 12.8. The summed E-state index contributed by atoms with van der Waals surface area (Å²) in [4.78, 5) is 0. The molecule has 0 fully saturated rings. The second-order valence-electron chi connectivity index (χ2n) is 4.40. The van der Waals surface area contributed by atoms with Gasteiger partial charge in [-0.1, -0.05) is 74.5 Å². The SMILES string of the molecule is CCC(=C(CC)c1ccccc1)c1ccccc1. The summed E-state index contributed by atoms with van der Waals surface area (Å²) >= 11 is 0. The van der Waals surface area contributed by atoms with Crippen LogP contribution in [0, 0.1) is 0 Å². The first kappa shape index (κ1) is 12.6. The minimum Gasteiger partial charge on any atom is -0.0622 e. The van der Waals surface area contributed by atoms with Crippen LogP contribution in [0.15, 0.2) is 60.7 Å². The summed E-state index contributed by atoms with van der Waals surface area (Å²) in [5, 5.41) is 0. The van der Waals surface area contributed by atoms with Crippen molar-refractivity contribution < 1.29 is 0 Å². The fourth-order valence-corrected chi connectivity index (χ4v) is 2.46. The summed E-state index contributed by atoms with van der Waals surface area (Å²) in [5.41, 5.74) is 5.62. The number of hydrogen-bond acceptors (Lipinski definition) is 0. The summed E-state index contributed by atoms with van der Waals surface area (Å²) in [6, 6.07) is 21.4. The number of rotatable bonds is 4. The Bertz CT molecular complexity index is 457. The Balaban J connectivity index is 2.53. The third kappa shape index (κ3) is 2.70. The number of allylic oxidation sites excluding steroid dienone is 2. The molecule has 0 radical (unpaired) electrons. The van der Waals surface area contributed by atoms with Crippen LogP contribution < -0.4 is 0 Å². The van der Waals surface area contributed by atoms with Gasteiger partial charge in [0.1, 0.15) is 0 Å². The van der Waals surface area contributed by atoms with E-state index in [1.807, 2.05) is 0 Å². The Kier molecular flexibility index (Phi) is 4.35. The highest BCUT2D eigenvalue weighted by atomic mass is 14.1. The second kappa shape index (κ2) is 6.20. The Morgan fingerprint density at radius 3 is 1.22 bits per heavy atom. The lowest BCUT2D eigenvalue weighted by Gasteiger charge is -2.13. The minimum atomic E-state index is 1.07. The molecule has 2 aromatic rings. The van der Waals surface area contributed by atoms with E-state index in [9.17, 15) is 0 Å². The average molecular weight is 236 g/mol. The van der Waals surface area contributed by atoms with Gasteiger partial charge in [-0.15, -0.1) is 0 Å². The number of hydrogen-bond donors (Lipinski definition) is 0. The van der Waals surface area contributed by atoms with Gasteiger partial charge in [0.05, 0.1) is 0 Å². The number of benzene rings is 2. The van der Waals surface area contributed by atoms with E-state index < -0.39 is 0 Å². The molecule has 0 unspecified atom stereocenters. The van der Waals surface area contributed by atoms with E-state index in [1.54, 1.807) is 0 Å². The van der Waals surface area contributed by atoms with Crippen molar-refractivity contribution in [1.29, 1.82) is 0 Å². The summed E-state index contributed by atoms with van der Waals surface area (Å²) < 4.78 is 0. The molecule has 0 saturated carbocycles. The molecule has 18 heavy (non-hydrogen) atoms. The molecule has 0 atom stereocenters. The smallest absolute Gasteiger partial charge is 0.0222 e. The van der Waals surface area contributed by atoms with Crippen molar-refractivity contribution in [1.82, 2.24) is 0 Å². The third-order valence-corrected chi connectivity index (χ3v) is 3.32. The fraction of sp³-hybridized carbons (Fsp3) is 0.222. The van der Waals surface area contributed by atoms with Crippen molar-refractivity contribution in [3.63, 3.8) is 0 Å². The molecule has 2 rings (SSSR count). The molecule has 2 aromatic carbocycles. The van der Waals surface area contributed by atoms with Crippen LogP contribution >= 0.6 is 0 Å². The molecular weight excluding hydrogens is 216 g/mol. The van der Waals surface area contributed by atoms with Crippen molar-refractivity contribution in [3.8, 4) is 0 Å². The Hall–Kier alpha value is -1.82. The van der Waals surface area contributed by atoms with E-state index in [2.05, 4.69) is 74.5 Å². The summed E-state index contributed by atoms with van der Waals surface area (Å²) in [6.07, 6.45) is 2.14. The molecule has 0 aliphatic carbocycles. The van der Waals surface area contributed by atoms with Gasteiger partial charge in [-0.3, -0.25) is 0 Å². The highest BCUT2D eigenvalue weighted by molar-refractivity contribution is 5.90. The molecule has 0 heteroatoms. The third-order valence-electron chi connectivity index (χ3n) is 3.32. The van der Waals surface area contributed by atoms with Crippen LogP contribution in [0.5, 0.6) is 0 Å². The van der Waals surface area contributed by atoms with Crippen LogP contribution in [0.2, 0.25) is 0 Å². The summed E-state index contributed by atoms with van der Waals surface area (Å²) in [6.45, 7) is 4.47. The first-order valence-corrected chi connectivity index (χ1v) is 6.69. The van der Waals surface area contributed by atoms with Crippen LogP contribution in [-0.4, -0.2) is 0 Å². The van der Waals surface area contributed by atoms with Gasteiger partial charge in [-0.25, -0.2) is 0 Å². The molecule has 0 aliphatic heterocycles. The topological polar surface area (TPSA) is 0 Å². The van der Waals surface area contributed by atoms with Gasteiger partial charge in [0.15, 0.2) is 0 Å². The highest BCUT2D eigenvalue weighted by Crippen LogP contribution is 2.30. The minimum absolute atomic E-state index is 1.07. The van der Waals surface area contributed by atoms with Gasteiger partial charge in [-0.05, 0) is 35.1 Å². The molecule has 92 valence electrons. The standard InChI is InChI=1S/C18H20/c1-3-17(15-11-7-5-8-12-15)18(4-2)16-13-9-6-10-14-16/h5-14H,3-4H2,1-2H3. The molecule has 0 nitrogen and oxygen atoms in total. The molecule has 0 aromatic heterocycles. The summed E-state index contributed by atoms with van der Waals surface area (Å²) in [5.74, 6) is 0. The van der Waals surface area contributed by atoms with E-state index in [1.165, 1.54) is 22.3 Å². The highest BCUT2D eigenvalue weighted by Gasteiger charge is 2.07. The van der Waals surface area contributed by atoms with E-state index >= 15 is 0 Å². The lowest BCUT2D eigenvalue weighted by molar-refractivity contribution is 1.18. The normalized spacial score (nSPS) is 12.1.